The maximum absolute atomic E-state index is 14.1. The van der Waals surface area contributed by atoms with Gasteiger partial charge in [-0.25, -0.2) is 8.78 Å². The lowest BCUT2D eigenvalue weighted by molar-refractivity contribution is 0.218. The van der Waals surface area contributed by atoms with E-state index in [1.807, 2.05) is 18.2 Å². The smallest absolute Gasteiger partial charge is 0.192 e. The molecule has 0 saturated heterocycles. The van der Waals surface area contributed by atoms with E-state index < -0.39 is 30.1 Å². The number of aliphatic hydroxyl groups is 1. The third kappa shape index (κ3) is 3.22. The van der Waals surface area contributed by atoms with Crippen LogP contribution in [0.2, 0.25) is 0 Å². The zero-order valence-electron chi connectivity index (χ0n) is 12.0. The SMILES string of the molecule is OCc1cc(F)c(OC(c2ccccc2)c2ccn[nH]2)c(F)c1. The van der Waals surface area contributed by atoms with Crippen LogP contribution in [0.1, 0.15) is 22.9 Å². The van der Waals surface area contributed by atoms with Crippen LogP contribution in [0.4, 0.5) is 8.78 Å². The van der Waals surface area contributed by atoms with Gasteiger partial charge < -0.3 is 9.84 Å². The molecule has 1 heterocycles. The van der Waals surface area contributed by atoms with Crippen LogP contribution in [0.3, 0.4) is 0 Å². The molecule has 1 atom stereocenters. The quantitative estimate of drug-likeness (QED) is 0.759. The Morgan fingerprint density at radius 1 is 1.09 bits per heavy atom. The van der Waals surface area contributed by atoms with Gasteiger partial charge in [-0.2, -0.15) is 5.10 Å². The number of aromatic nitrogens is 2. The van der Waals surface area contributed by atoms with Gasteiger partial charge in [0, 0.05) is 6.20 Å². The van der Waals surface area contributed by atoms with Crippen molar-refractivity contribution in [1.29, 1.82) is 0 Å². The van der Waals surface area contributed by atoms with Crippen molar-refractivity contribution in [3.8, 4) is 5.75 Å². The first-order chi connectivity index (χ1) is 11.2. The normalized spacial score (nSPS) is 12.1. The van der Waals surface area contributed by atoms with Crippen LogP contribution in [0, 0.1) is 11.6 Å². The van der Waals surface area contributed by atoms with Crippen LogP contribution in [-0.2, 0) is 6.61 Å². The Balaban J connectivity index is 2.00. The van der Waals surface area contributed by atoms with Gasteiger partial charge in [-0.15, -0.1) is 0 Å². The molecule has 0 fully saturated rings. The highest BCUT2D eigenvalue weighted by molar-refractivity contribution is 5.34. The summed E-state index contributed by atoms with van der Waals surface area (Å²) in [7, 11) is 0. The molecule has 3 aromatic rings. The highest BCUT2D eigenvalue weighted by atomic mass is 19.1. The fraction of sp³-hybridized carbons (Fsp3) is 0.118. The monoisotopic (exact) mass is 316 g/mol. The fourth-order valence-electron chi connectivity index (χ4n) is 2.29. The predicted molar refractivity (Wildman–Crippen MR) is 79.8 cm³/mol. The lowest BCUT2D eigenvalue weighted by Gasteiger charge is -2.19. The van der Waals surface area contributed by atoms with E-state index in [2.05, 4.69) is 10.2 Å². The Morgan fingerprint density at radius 3 is 2.35 bits per heavy atom. The largest absolute Gasteiger partial charge is 0.473 e. The van der Waals surface area contributed by atoms with Gasteiger partial charge >= 0.3 is 0 Å². The number of benzene rings is 2. The number of aliphatic hydroxyl groups excluding tert-OH is 1. The first kappa shape index (κ1) is 15.2. The highest BCUT2D eigenvalue weighted by Gasteiger charge is 2.22. The third-order valence-electron chi connectivity index (χ3n) is 3.38. The first-order valence-electron chi connectivity index (χ1n) is 6.98. The molecular weight excluding hydrogens is 302 g/mol. The van der Waals surface area contributed by atoms with Gasteiger partial charge in [-0.3, -0.25) is 5.10 Å². The number of aromatic amines is 1. The topological polar surface area (TPSA) is 58.1 Å². The summed E-state index contributed by atoms with van der Waals surface area (Å²) in [5.74, 6) is -2.23. The highest BCUT2D eigenvalue weighted by Crippen LogP contribution is 2.31. The van der Waals surface area contributed by atoms with Crippen LogP contribution < -0.4 is 4.74 Å². The number of nitrogens with zero attached hydrogens (tertiary/aromatic N) is 1. The lowest BCUT2D eigenvalue weighted by atomic mass is 10.1. The molecule has 0 bridgehead atoms. The van der Waals surface area contributed by atoms with Crippen molar-refractivity contribution < 1.29 is 18.6 Å². The second-order valence-electron chi connectivity index (χ2n) is 4.97. The Bertz CT molecular complexity index is 754. The third-order valence-corrected chi connectivity index (χ3v) is 3.38. The van der Waals surface area contributed by atoms with Gasteiger partial charge in [-0.05, 0) is 29.3 Å². The number of nitrogens with one attached hydrogen (secondary N) is 1. The molecule has 0 amide bonds. The predicted octanol–water partition coefficient (Wildman–Crippen LogP) is 3.35. The zero-order chi connectivity index (χ0) is 16.2. The van der Waals surface area contributed by atoms with Gasteiger partial charge in [-0.1, -0.05) is 30.3 Å². The van der Waals surface area contributed by atoms with Gasteiger partial charge in [0.05, 0.1) is 12.3 Å². The summed E-state index contributed by atoms with van der Waals surface area (Å²) in [4.78, 5) is 0. The summed E-state index contributed by atoms with van der Waals surface area (Å²) in [5.41, 5.74) is 1.44. The van der Waals surface area contributed by atoms with Crippen molar-refractivity contribution in [3.05, 3.63) is 83.2 Å². The summed E-state index contributed by atoms with van der Waals surface area (Å²) < 4.78 is 33.8. The van der Waals surface area contributed by atoms with Crippen molar-refractivity contribution in [2.45, 2.75) is 12.7 Å². The van der Waals surface area contributed by atoms with E-state index in [-0.39, 0.29) is 5.56 Å². The standard InChI is InChI=1S/C17H14F2N2O2/c18-13-8-11(10-22)9-14(19)17(13)23-16(15-6-7-20-21-15)12-4-2-1-3-5-12/h1-9,16,22H,10H2,(H,20,21). The maximum atomic E-state index is 14.1. The van der Waals surface area contributed by atoms with Crippen molar-refractivity contribution >= 4 is 0 Å². The summed E-state index contributed by atoms with van der Waals surface area (Å²) in [6.07, 6.45) is 0.804. The number of halogens is 2. The van der Waals surface area contributed by atoms with E-state index in [1.165, 1.54) is 6.20 Å². The van der Waals surface area contributed by atoms with Gasteiger partial charge in [0.2, 0.25) is 0 Å². The van der Waals surface area contributed by atoms with Gasteiger partial charge in [0.25, 0.3) is 0 Å². The van der Waals surface area contributed by atoms with E-state index >= 15 is 0 Å². The molecule has 2 aromatic carbocycles. The molecule has 0 radical (unpaired) electrons. The van der Waals surface area contributed by atoms with Gasteiger partial charge in [0.15, 0.2) is 23.5 Å². The molecule has 0 aliphatic heterocycles. The Morgan fingerprint density at radius 2 is 1.78 bits per heavy atom. The van der Waals surface area contributed by atoms with Gasteiger partial charge in [0.1, 0.15) is 0 Å². The second kappa shape index (κ2) is 6.58. The summed E-state index contributed by atoms with van der Waals surface area (Å²) in [5, 5.41) is 15.6. The summed E-state index contributed by atoms with van der Waals surface area (Å²) in [6, 6.07) is 12.8. The molecule has 4 nitrogen and oxygen atoms in total. The van der Waals surface area contributed by atoms with E-state index in [0.29, 0.717) is 5.69 Å². The maximum Gasteiger partial charge on any atom is 0.192 e. The molecule has 6 heteroatoms. The molecule has 1 aromatic heterocycles. The Kier molecular flexibility index (Phi) is 4.34. The minimum Gasteiger partial charge on any atom is -0.473 e. The van der Waals surface area contributed by atoms with Crippen LogP contribution >= 0.6 is 0 Å². The molecule has 1 unspecified atom stereocenters. The van der Waals surface area contributed by atoms with Crippen molar-refractivity contribution in [2.24, 2.45) is 0 Å². The summed E-state index contributed by atoms with van der Waals surface area (Å²) >= 11 is 0. The van der Waals surface area contributed by atoms with Crippen molar-refractivity contribution in [3.63, 3.8) is 0 Å². The molecule has 0 saturated carbocycles. The zero-order valence-corrected chi connectivity index (χ0v) is 12.0. The van der Waals surface area contributed by atoms with E-state index in [9.17, 15) is 8.78 Å². The van der Waals surface area contributed by atoms with Crippen molar-refractivity contribution in [1.82, 2.24) is 10.2 Å². The molecule has 0 aliphatic rings. The molecule has 3 rings (SSSR count). The Hall–Kier alpha value is -2.73. The van der Waals surface area contributed by atoms with Crippen molar-refractivity contribution in [2.75, 3.05) is 0 Å². The second-order valence-corrected chi connectivity index (χ2v) is 4.97. The average molecular weight is 316 g/mol. The minimum absolute atomic E-state index is 0.144. The minimum atomic E-state index is -0.866. The van der Waals surface area contributed by atoms with E-state index in [1.54, 1.807) is 18.2 Å². The van der Waals surface area contributed by atoms with Crippen LogP contribution in [-0.4, -0.2) is 15.3 Å². The molecular formula is C17H14F2N2O2. The number of rotatable bonds is 5. The number of hydrogen-bond donors (Lipinski definition) is 2. The molecule has 2 N–H and O–H groups in total. The fourth-order valence-corrected chi connectivity index (χ4v) is 2.29. The van der Waals surface area contributed by atoms with Crippen LogP contribution in [0.25, 0.3) is 0 Å². The molecule has 23 heavy (non-hydrogen) atoms. The van der Waals surface area contributed by atoms with Crippen LogP contribution in [0.15, 0.2) is 54.7 Å². The first-order valence-corrected chi connectivity index (χ1v) is 6.98. The average Bonchev–Trinajstić information content (AvgIpc) is 3.09. The number of ether oxygens (including phenoxy) is 1. The summed E-state index contributed by atoms with van der Waals surface area (Å²) in [6.45, 7) is -0.448. The van der Waals surface area contributed by atoms with E-state index in [4.69, 9.17) is 9.84 Å². The lowest BCUT2D eigenvalue weighted by Crippen LogP contribution is -2.12. The molecule has 0 aliphatic carbocycles. The molecule has 118 valence electrons. The number of hydrogen-bond acceptors (Lipinski definition) is 3. The molecule has 0 spiro atoms. The van der Waals surface area contributed by atoms with E-state index in [0.717, 1.165) is 17.7 Å². The van der Waals surface area contributed by atoms with Crippen LogP contribution in [0.5, 0.6) is 5.75 Å². The Labute approximate surface area is 131 Å². The number of H-pyrrole nitrogens is 1.